The molecule has 0 saturated carbocycles. The number of sulfonamides is 1. The molecule has 4 rings (SSSR count). The summed E-state index contributed by atoms with van der Waals surface area (Å²) in [6, 6.07) is 13.4. The van der Waals surface area contributed by atoms with Crippen LogP contribution in [0.5, 0.6) is 0 Å². The van der Waals surface area contributed by atoms with Gasteiger partial charge in [0.2, 0.25) is 15.9 Å². The molecule has 7 heteroatoms. The van der Waals surface area contributed by atoms with Crippen molar-refractivity contribution < 1.29 is 13.2 Å². The molecule has 0 aromatic heterocycles. The van der Waals surface area contributed by atoms with Crippen LogP contribution in [0.15, 0.2) is 47.4 Å². The lowest BCUT2D eigenvalue weighted by Gasteiger charge is -2.33. The maximum absolute atomic E-state index is 12.8. The molecular formula is C21H25N3O3S. The number of hydrogen-bond donors (Lipinski definition) is 2. The zero-order chi connectivity index (χ0) is 19.7. The van der Waals surface area contributed by atoms with E-state index < -0.39 is 10.0 Å². The number of aryl methyl sites for hydroxylation is 1. The Hall–Kier alpha value is -2.22. The summed E-state index contributed by atoms with van der Waals surface area (Å²) in [6.07, 6.45) is 1.94. The molecule has 148 valence electrons. The van der Waals surface area contributed by atoms with Crippen LogP contribution < -0.4 is 10.0 Å². The second-order valence-corrected chi connectivity index (χ2v) is 9.32. The fourth-order valence-corrected chi connectivity index (χ4v) is 5.04. The third-order valence-electron chi connectivity index (χ3n) is 5.63. The SMILES string of the molecule is CC(CNS(=O)(=O)c1ccc2c(c1)CCC(=O)N2)N1CCc2ccccc2C1. The Morgan fingerprint density at radius 1 is 1.07 bits per heavy atom. The maximum atomic E-state index is 12.8. The maximum Gasteiger partial charge on any atom is 0.240 e. The van der Waals surface area contributed by atoms with Crippen LogP contribution in [0.3, 0.4) is 0 Å². The Morgan fingerprint density at radius 3 is 2.68 bits per heavy atom. The number of rotatable bonds is 5. The zero-order valence-electron chi connectivity index (χ0n) is 15.9. The first-order valence-corrected chi connectivity index (χ1v) is 11.1. The van der Waals surface area contributed by atoms with E-state index in [9.17, 15) is 13.2 Å². The van der Waals surface area contributed by atoms with Crippen LogP contribution in [0.1, 0.15) is 30.0 Å². The predicted molar refractivity (Wildman–Crippen MR) is 109 cm³/mol. The highest BCUT2D eigenvalue weighted by Crippen LogP contribution is 2.25. The van der Waals surface area contributed by atoms with E-state index in [2.05, 4.69) is 40.1 Å². The van der Waals surface area contributed by atoms with Crippen LogP contribution in [-0.4, -0.2) is 38.4 Å². The molecule has 0 fully saturated rings. The first-order chi connectivity index (χ1) is 13.4. The highest BCUT2D eigenvalue weighted by molar-refractivity contribution is 7.89. The minimum Gasteiger partial charge on any atom is -0.326 e. The first kappa shape index (κ1) is 19.1. The molecule has 2 heterocycles. The fraction of sp³-hybridized carbons (Fsp3) is 0.381. The molecule has 2 aliphatic rings. The van der Waals surface area contributed by atoms with E-state index in [0.717, 1.165) is 25.1 Å². The number of hydrogen-bond acceptors (Lipinski definition) is 4. The standard InChI is InChI=1S/C21H25N3O3S/c1-15(24-11-10-16-4-2-3-5-18(16)14-24)13-22-28(26,27)19-7-8-20-17(12-19)6-9-21(25)23-20/h2-5,7-8,12,15,22H,6,9-11,13-14H2,1H3,(H,23,25). The van der Waals surface area contributed by atoms with Crippen molar-refractivity contribution in [1.29, 1.82) is 0 Å². The summed E-state index contributed by atoms with van der Waals surface area (Å²) in [5.74, 6) is -0.0295. The number of fused-ring (bicyclic) bond motifs is 2. The van der Waals surface area contributed by atoms with Gasteiger partial charge in [0.1, 0.15) is 0 Å². The van der Waals surface area contributed by atoms with Crippen molar-refractivity contribution in [2.45, 2.75) is 43.7 Å². The number of amides is 1. The Morgan fingerprint density at radius 2 is 1.86 bits per heavy atom. The Balaban J connectivity index is 1.41. The molecule has 2 aromatic rings. The number of benzene rings is 2. The average molecular weight is 400 g/mol. The Bertz CT molecular complexity index is 1000. The second-order valence-electron chi connectivity index (χ2n) is 7.56. The molecule has 1 atom stereocenters. The van der Waals surface area contributed by atoms with Gasteiger partial charge in [-0.3, -0.25) is 9.69 Å². The van der Waals surface area contributed by atoms with Crippen LogP contribution in [0.4, 0.5) is 5.69 Å². The lowest BCUT2D eigenvalue weighted by Crippen LogP contribution is -2.44. The molecular weight excluding hydrogens is 374 g/mol. The van der Waals surface area contributed by atoms with Gasteiger partial charge in [0.05, 0.1) is 4.90 Å². The van der Waals surface area contributed by atoms with Gasteiger partial charge in [-0.2, -0.15) is 0 Å². The van der Waals surface area contributed by atoms with E-state index >= 15 is 0 Å². The number of carbonyl (C=O) groups excluding carboxylic acids is 1. The molecule has 1 unspecified atom stereocenters. The summed E-state index contributed by atoms with van der Waals surface area (Å²) >= 11 is 0. The molecule has 6 nitrogen and oxygen atoms in total. The van der Waals surface area contributed by atoms with Gasteiger partial charge in [-0.05, 0) is 54.7 Å². The lowest BCUT2D eigenvalue weighted by atomic mass is 9.99. The Kier molecular flexibility index (Phi) is 5.23. The van der Waals surface area contributed by atoms with Crippen molar-refractivity contribution in [2.24, 2.45) is 0 Å². The zero-order valence-corrected chi connectivity index (χ0v) is 16.8. The van der Waals surface area contributed by atoms with E-state index in [0.29, 0.717) is 25.1 Å². The van der Waals surface area contributed by atoms with Crippen molar-refractivity contribution in [3.63, 3.8) is 0 Å². The van der Waals surface area contributed by atoms with E-state index in [1.54, 1.807) is 18.2 Å². The monoisotopic (exact) mass is 399 g/mol. The van der Waals surface area contributed by atoms with E-state index in [1.165, 1.54) is 11.1 Å². The largest absolute Gasteiger partial charge is 0.326 e. The summed E-state index contributed by atoms with van der Waals surface area (Å²) in [5, 5.41) is 2.78. The summed E-state index contributed by atoms with van der Waals surface area (Å²) in [4.78, 5) is 14.0. The molecule has 1 amide bonds. The van der Waals surface area contributed by atoms with Gasteiger partial charge in [0, 0.05) is 37.8 Å². The van der Waals surface area contributed by atoms with Crippen molar-refractivity contribution in [3.8, 4) is 0 Å². The van der Waals surface area contributed by atoms with Crippen LogP contribution >= 0.6 is 0 Å². The molecule has 2 aromatic carbocycles. The summed E-state index contributed by atoms with van der Waals surface area (Å²) in [6.45, 7) is 4.19. The van der Waals surface area contributed by atoms with Crippen LogP contribution in [0, 0.1) is 0 Å². The van der Waals surface area contributed by atoms with Gasteiger partial charge in [-0.25, -0.2) is 13.1 Å². The fourth-order valence-electron chi connectivity index (χ4n) is 3.86. The molecule has 0 bridgehead atoms. The van der Waals surface area contributed by atoms with Crippen LogP contribution in [0.25, 0.3) is 0 Å². The molecule has 28 heavy (non-hydrogen) atoms. The van der Waals surface area contributed by atoms with Gasteiger partial charge in [-0.15, -0.1) is 0 Å². The molecule has 0 aliphatic carbocycles. The summed E-state index contributed by atoms with van der Waals surface area (Å²) < 4.78 is 28.3. The lowest BCUT2D eigenvalue weighted by molar-refractivity contribution is -0.116. The number of anilines is 1. The van der Waals surface area contributed by atoms with Crippen molar-refractivity contribution in [2.75, 3.05) is 18.4 Å². The molecule has 2 N–H and O–H groups in total. The highest BCUT2D eigenvalue weighted by atomic mass is 32.2. The smallest absolute Gasteiger partial charge is 0.240 e. The number of nitrogens with zero attached hydrogens (tertiary/aromatic N) is 1. The van der Waals surface area contributed by atoms with E-state index in [-0.39, 0.29) is 16.8 Å². The van der Waals surface area contributed by atoms with Crippen LogP contribution in [0.2, 0.25) is 0 Å². The quantitative estimate of drug-likeness (QED) is 0.809. The normalized spacial score (nSPS) is 18.1. The third-order valence-corrected chi connectivity index (χ3v) is 7.06. The van der Waals surface area contributed by atoms with Crippen molar-refractivity contribution in [1.82, 2.24) is 9.62 Å². The van der Waals surface area contributed by atoms with Crippen LogP contribution in [-0.2, 0) is 34.2 Å². The number of carbonyl (C=O) groups is 1. The average Bonchev–Trinajstić information content (AvgIpc) is 2.71. The molecule has 2 aliphatic heterocycles. The molecule has 0 spiro atoms. The summed E-state index contributed by atoms with van der Waals surface area (Å²) in [5.41, 5.74) is 4.27. The topological polar surface area (TPSA) is 78.5 Å². The van der Waals surface area contributed by atoms with Crippen molar-refractivity contribution in [3.05, 3.63) is 59.2 Å². The van der Waals surface area contributed by atoms with Gasteiger partial charge >= 0.3 is 0 Å². The van der Waals surface area contributed by atoms with Gasteiger partial charge in [0.25, 0.3) is 0 Å². The first-order valence-electron chi connectivity index (χ1n) is 9.66. The highest BCUT2D eigenvalue weighted by Gasteiger charge is 2.24. The van der Waals surface area contributed by atoms with Gasteiger partial charge < -0.3 is 5.32 Å². The van der Waals surface area contributed by atoms with Gasteiger partial charge in [-0.1, -0.05) is 24.3 Å². The van der Waals surface area contributed by atoms with Gasteiger partial charge in [0.15, 0.2) is 0 Å². The summed E-state index contributed by atoms with van der Waals surface area (Å²) in [7, 11) is -3.59. The third kappa shape index (κ3) is 3.97. The van der Waals surface area contributed by atoms with E-state index in [1.807, 2.05) is 6.07 Å². The van der Waals surface area contributed by atoms with Crippen molar-refractivity contribution >= 4 is 21.6 Å². The molecule has 0 saturated heterocycles. The Labute approximate surface area is 166 Å². The minimum atomic E-state index is -3.59. The van der Waals surface area contributed by atoms with E-state index in [4.69, 9.17) is 0 Å². The second kappa shape index (κ2) is 7.66. The number of nitrogens with one attached hydrogen (secondary N) is 2. The predicted octanol–water partition coefficient (Wildman–Crippen LogP) is 2.30. The minimum absolute atomic E-state index is 0.0295. The molecule has 0 radical (unpaired) electrons.